The lowest BCUT2D eigenvalue weighted by Crippen LogP contribution is -2.42. The molecule has 0 aliphatic rings. The van der Waals surface area contributed by atoms with Gasteiger partial charge in [-0.25, -0.2) is 18.4 Å². The van der Waals surface area contributed by atoms with Crippen molar-refractivity contribution >= 4 is 23.5 Å². The Morgan fingerprint density at radius 2 is 1.76 bits per heavy atom. The van der Waals surface area contributed by atoms with Crippen LogP contribution in [0.25, 0.3) is 0 Å². The second kappa shape index (κ2) is 11.0. The molecule has 0 fully saturated rings. The standard InChI is InChI=1S/C24H29F2N3O2S2/c1-15(2)32-20-8-5-18(6-9-20)23(30)16(3)33-17(4)24(31,12-29-14-27-13-28-29)21-10-7-19(25)11-22(21)26/h5-11,13-17,23,30-31H,12H2,1-4H3/t16?,17-,23?,24-/m1/s1. The highest BCUT2D eigenvalue weighted by Crippen LogP contribution is 2.40. The molecular weight excluding hydrogens is 464 g/mol. The van der Waals surface area contributed by atoms with Crippen LogP contribution in [0.4, 0.5) is 8.78 Å². The molecule has 0 aliphatic carbocycles. The third-order valence-corrected chi connectivity index (χ3v) is 7.90. The van der Waals surface area contributed by atoms with Crippen LogP contribution < -0.4 is 0 Å². The first-order valence-corrected chi connectivity index (χ1v) is 12.5. The zero-order chi connectivity index (χ0) is 24.2. The van der Waals surface area contributed by atoms with Gasteiger partial charge >= 0.3 is 0 Å². The molecule has 1 aromatic heterocycles. The van der Waals surface area contributed by atoms with Crippen LogP contribution in [-0.2, 0) is 12.1 Å². The molecule has 0 radical (unpaired) electrons. The van der Waals surface area contributed by atoms with Crippen molar-refractivity contribution < 1.29 is 19.0 Å². The van der Waals surface area contributed by atoms with E-state index in [2.05, 4.69) is 23.9 Å². The molecule has 2 aromatic carbocycles. The van der Waals surface area contributed by atoms with Crippen LogP contribution in [0, 0.1) is 11.6 Å². The van der Waals surface area contributed by atoms with Crippen molar-refractivity contribution in [3.05, 3.63) is 77.9 Å². The van der Waals surface area contributed by atoms with Crippen LogP contribution in [0.5, 0.6) is 0 Å². The van der Waals surface area contributed by atoms with E-state index in [-0.39, 0.29) is 17.4 Å². The highest BCUT2D eigenvalue weighted by Gasteiger charge is 2.41. The van der Waals surface area contributed by atoms with Gasteiger partial charge in [0.1, 0.15) is 29.9 Å². The minimum absolute atomic E-state index is 0.0313. The topological polar surface area (TPSA) is 71.2 Å². The molecule has 2 N–H and O–H groups in total. The number of hydrogen-bond donors (Lipinski definition) is 2. The van der Waals surface area contributed by atoms with Gasteiger partial charge in [0.05, 0.1) is 12.6 Å². The summed E-state index contributed by atoms with van der Waals surface area (Å²) in [5, 5.41) is 26.2. The van der Waals surface area contributed by atoms with Gasteiger partial charge in [-0.15, -0.1) is 23.5 Å². The lowest BCUT2D eigenvalue weighted by Gasteiger charge is -2.36. The fraction of sp³-hybridized carbons (Fsp3) is 0.417. The summed E-state index contributed by atoms with van der Waals surface area (Å²) in [4.78, 5) is 5.02. The van der Waals surface area contributed by atoms with Crippen LogP contribution in [0.1, 0.15) is 44.9 Å². The third kappa shape index (κ3) is 6.35. The van der Waals surface area contributed by atoms with E-state index >= 15 is 0 Å². The Labute approximate surface area is 201 Å². The van der Waals surface area contributed by atoms with E-state index in [4.69, 9.17) is 0 Å². The van der Waals surface area contributed by atoms with Crippen molar-refractivity contribution in [2.24, 2.45) is 0 Å². The van der Waals surface area contributed by atoms with Gasteiger partial charge < -0.3 is 10.2 Å². The van der Waals surface area contributed by atoms with Gasteiger partial charge in [0.15, 0.2) is 0 Å². The largest absolute Gasteiger partial charge is 0.387 e. The van der Waals surface area contributed by atoms with E-state index in [1.165, 1.54) is 35.2 Å². The summed E-state index contributed by atoms with van der Waals surface area (Å²) in [6.07, 6.45) is 1.97. The first-order valence-electron chi connectivity index (χ1n) is 10.7. The lowest BCUT2D eigenvalue weighted by atomic mass is 9.90. The fourth-order valence-corrected chi connectivity index (χ4v) is 5.84. The molecule has 3 aromatic rings. The number of thioether (sulfide) groups is 2. The zero-order valence-electron chi connectivity index (χ0n) is 19.0. The number of aliphatic hydroxyl groups is 2. The van der Waals surface area contributed by atoms with E-state index < -0.39 is 28.6 Å². The lowest BCUT2D eigenvalue weighted by molar-refractivity contribution is 0.0129. The molecule has 0 saturated heterocycles. The Hall–Kier alpha value is -1.94. The van der Waals surface area contributed by atoms with E-state index in [0.29, 0.717) is 5.25 Å². The van der Waals surface area contributed by atoms with Crippen molar-refractivity contribution in [3.8, 4) is 0 Å². The van der Waals surface area contributed by atoms with E-state index in [9.17, 15) is 19.0 Å². The SMILES string of the molecule is CC(C)Sc1ccc(C(O)C(C)S[C@H](C)[C@](O)(Cn2cncn2)c2ccc(F)cc2F)cc1. The molecule has 0 aliphatic heterocycles. The van der Waals surface area contributed by atoms with Gasteiger partial charge in [0.2, 0.25) is 0 Å². The van der Waals surface area contributed by atoms with E-state index in [0.717, 1.165) is 22.6 Å². The number of benzene rings is 2. The van der Waals surface area contributed by atoms with Crippen LogP contribution in [0.3, 0.4) is 0 Å². The van der Waals surface area contributed by atoms with Gasteiger partial charge in [0.25, 0.3) is 0 Å². The monoisotopic (exact) mass is 493 g/mol. The molecule has 33 heavy (non-hydrogen) atoms. The summed E-state index contributed by atoms with van der Waals surface area (Å²) < 4.78 is 29.7. The summed E-state index contributed by atoms with van der Waals surface area (Å²) in [6, 6.07) is 10.9. The van der Waals surface area contributed by atoms with E-state index in [1.54, 1.807) is 18.7 Å². The normalized spacial score (nSPS) is 16.4. The van der Waals surface area contributed by atoms with Gasteiger partial charge in [-0.05, 0) is 23.8 Å². The Morgan fingerprint density at radius 1 is 1.06 bits per heavy atom. The smallest absolute Gasteiger partial charge is 0.137 e. The minimum Gasteiger partial charge on any atom is -0.387 e. The Balaban J connectivity index is 1.81. The molecule has 1 heterocycles. The fourth-order valence-electron chi connectivity index (χ4n) is 3.63. The summed E-state index contributed by atoms with van der Waals surface area (Å²) in [6.45, 7) is 7.79. The maximum Gasteiger partial charge on any atom is 0.137 e. The van der Waals surface area contributed by atoms with Gasteiger partial charge in [-0.1, -0.05) is 45.9 Å². The number of aliphatic hydroxyl groups excluding tert-OH is 1. The minimum atomic E-state index is -1.72. The maximum atomic E-state index is 14.7. The molecule has 178 valence electrons. The number of nitrogens with zero attached hydrogens (tertiary/aromatic N) is 3. The average molecular weight is 494 g/mol. The van der Waals surface area contributed by atoms with Gasteiger partial charge in [-0.3, -0.25) is 0 Å². The van der Waals surface area contributed by atoms with Gasteiger partial charge in [0, 0.05) is 32.3 Å². The summed E-state index contributed by atoms with van der Waals surface area (Å²) >= 11 is 3.07. The number of aromatic nitrogens is 3. The maximum absolute atomic E-state index is 14.7. The molecule has 4 atom stereocenters. The summed E-state index contributed by atoms with van der Waals surface area (Å²) in [5.41, 5.74) is -0.985. The van der Waals surface area contributed by atoms with Crippen molar-refractivity contribution in [1.82, 2.24) is 14.8 Å². The second-order valence-corrected chi connectivity index (χ2v) is 11.7. The molecule has 0 spiro atoms. The quantitative estimate of drug-likeness (QED) is 0.379. The predicted octanol–water partition coefficient (Wildman–Crippen LogP) is 5.19. The highest BCUT2D eigenvalue weighted by molar-refractivity contribution is 8.00. The van der Waals surface area contributed by atoms with Gasteiger partial charge in [-0.2, -0.15) is 5.10 Å². The second-order valence-electron chi connectivity index (χ2n) is 8.31. The van der Waals surface area contributed by atoms with Crippen molar-refractivity contribution in [3.63, 3.8) is 0 Å². The highest BCUT2D eigenvalue weighted by atomic mass is 32.2. The molecule has 3 rings (SSSR count). The first-order chi connectivity index (χ1) is 15.6. The Kier molecular flexibility index (Phi) is 8.55. The summed E-state index contributed by atoms with van der Waals surface area (Å²) in [7, 11) is 0. The molecule has 5 nitrogen and oxygen atoms in total. The Bertz CT molecular complexity index is 1030. The van der Waals surface area contributed by atoms with Crippen LogP contribution in [-0.4, -0.2) is 40.7 Å². The van der Waals surface area contributed by atoms with Crippen molar-refractivity contribution in [1.29, 1.82) is 0 Å². The summed E-state index contributed by atoms with van der Waals surface area (Å²) in [5.74, 6) is -1.56. The molecule has 9 heteroatoms. The van der Waals surface area contributed by atoms with E-state index in [1.807, 2.05) is 31.2 Å². The number of hydrogen-bond acceptors (Lipinski definition) is 6. The predicted molar refractivity (Wildman–Crippen MR) is 129 cm³/mol. The van der Waals surface area contributed by atoms with Crippen LogP contribution in [0.15, 0.2) is 60.0 Å². The zero-order valence-corrected chi connectivity index (χ0v) is 20.7. The average Bonchev–Trinajstić information content (AvgIpc) is 3.25. The molecule has 0 saturated carbocycles. The molecule has 0 amide bonds. The molecular formula is C24H29F2N3O2S2. The Morgan fingerprint density at radius 3 is 2.33 bits per heavy atom. The van der Waals surface area contributed by atoms with Crippen molar-refractivity contribution in [2.45, 2.75) is 66.6 Å². The van der Waals surface area contributed by atoms with Crippen LogP contribution >= 0.6 is 23.5 Å². The third-order valence-electron chi connectivity index (χ3n) is 5.40. The van der Waals surface area contributed by atoms with Crippen LogP contribution in [0.2, 0.25) is 0 Å². The molecule has 0 bridgehead atoms. The number of halogens is 2. The number of rotatable bonds is 10. The molecule has 2 unspecified atom stereocenters. The first kappa shape index (κ1) is 25.7. The van der Waals surface area contributed by atoms with Crippen molar-refractivity contribution in [2.75, 3.05) is 0 Å².